The Kier molecular flexibility index (Phi) is 5.31. The van der Waals surface area contributed by atoms with Gasteiger partial charge in [0.15, 0.2) is 0 Å². The van der Waals surface area contributed by atoms with E-state index in [1.165, 1.54) is 0 Å². The second-order valence-electron chi connectivity index (χ2n) is 8.42. The molecule has 3 aromatic rings. The van der Waals surface area contributed by atoms with Crippen molar-refractivity contribution in [2.24, 2.45) is 13.0 Å². The van der Waals surface area contributed by atoms with Crippen molar-refractivity contribution in [3.8, 4) is 17.1 Å². The molecule has 0 spiro atoms. The van der Waals surface area contributed by atoms with E-state index in [1.54, 1.807) is 4.68 Å². The first-order valence-corrected chi connectivity index (χ1v) is 10.9. The number of nitrogens with zero attached hydrogens (tertiary/aromatic N) is 5. The van der Waals surface area contributed by atoms with Gasteiger partial charge in [-0.3, -0.25) is 9.48 Å². The van der Waals surface area contributed by atoms with Gasteiger partial charge in [-0.15, -0.1) is 0 Å². The van der Waals surface area contributed by atoms with Gasteiger partial charge < -0.3 is 14.4 Å². The summed E-state index contributed by atoms with van der Waals surface area (Å²) in [5.74, 6) is 2.06. The largest absolute Gasteiger partial charge is 0.474 e. The highest BCUT2D eigenvalue weighted by molar-refractivity contribution is 5.86. The Hall–Kier alpha value is -3.00. The minimum atomic E-state index is -0.0839. The number of aryl methyl sites for hydroxylation is 1. The predicted molar refractivity (Wildman–Crippen MR) is 117 cm³/mol. The van der Waals surface area contributed by atoms with Crippen LogP contribution in [0.2, 0.25) is 0 Å². The minimum absolute atomic E-state index is 0.0839. The van der Waals surface area contributed by atoms with Crippen LogP contribution in [0.4, 0.5) is 5.82 Å². The van der Waals surface area contributed by atoms with E-state index in [0.29, 0.717) is 24.5 Å². The predicted octanol–water partition coefficient (Wildman–Crippen LogP) is 3.00. The molecule has 0 radical (unpaired) electrons. The first-order chi connectivity index (χ1) is 15.1. The van der Waals surface area contributed by atoms with E-state index in [1.807, 2.05) is 44.6 Å². The van der Waals surface area contributed by atoms with Gasteiger partial charge in [-0.05, 0) is 31.5 Å². The summed E-state index contributed by atoms with van der Waals surface area (Å²) in [6.07, 6.45) is 5.81. The zero-order valence-corrected chi connectivity index (χ0v) is 18.0. The number of pyridine rings is 2. The normalized spacial score (nSPS) is 20.4. The molecular weight excluding hydrogens is 394 g/mol. The van der Waals surface area contributed by atoms with Crippen LogP contribution in [0.1, 0.15) is 26.2 Å². The van der Waals surface area contributed by atoms with Crippen LogP contribution in [0.5, 0.6) is 5.88 Å². The lowest BCUT2D eigenvalue weighted by Gasteiger charge is -2.27. The van der Waals surface area contributed by atoms with E-state index in [-0.39, 0.29) is 12.0 Å². The number of carbonyl (C=O) groups excluding carboxylic acids is 1. The van der Waals surface area contributed by atoms with E-state index in [0.717, 1.165) is 60.7 Å². The molecule has 8 nitrogen and oxygen atoms in total. The molecule has 1 aliphatic carbocycles. The maximum atomic E-state index is 11.7. The Labute approximate surface area is 181 Å². The van der Waals surface area contributed by atoms with Crippen molar-refractivity contribution >= 4 is 22.5 Å². The first kappa shape index (κ1) is 19.9. The molecule has 5 rings (SSSR count). The summed E-state index contributed by atoms with van der Waals surface area (Å²) in [7, 11) is 1.89. The molecule has 2 fully saturated rings. The fraction of sp³-hybridized carbons (Fsp3) is 0.478. The summed E-state index contributed by atoms with van der Waals surface area (Å²) < 4.78 is 13.5. The van der Waals surface area contributed by atoms with Gasteiger partial charge in [0.05, 0.1) is 29.8 Å². The second kappa shape index (κ2) is 8.26. The molecule has 1 saturated carbocycles. The van der Waals surface area contributed by atoms with Crippen molar-refractivity contribution in [1.82, 2.24) is 19.7 Å². The Balaban J connectivity index is 1.44. The third-order valence-electron chi connectivity index (χ3n) is 6.21. The SMILES string of the molecule is C[C@@H](Oc1nc(-c2ccc(N3CCOCC3)nc2)cc2nn(C)cc12)[C@H]1CCC(=O)C1. The van der Waals surface area contributed by atoms with Crippen LogP contribution in [-0.2, 0) is 16.6 Å². The van der Waals surface area contributed by atoms with Gasteiger partial charge in [-0.25, -0.2) is 9.97 Å². The lowest BCUT2D eigenvalue weighted by atomic mass is 10.0. The quantitative estimate of drug-likeness (QED) is 0.626. The molecule has 162 valence electrons. The average Bonchev–Trinajstić information content (AvgIpc) is 3.39. The maximum absolute atomic E-state index is 11.7. The molecule has 31 heavy (non-hydrogen) atoms. The number of aromatic nitrogens is 4. The molecule has 0 bridgehead atoms. The fourth-order valence-electron chi connectivity index (χ4n) is 4.38. The molecule has 2 atom stereocenters. The molecular formula is C23H27N5O3. The number of morpholine rings is 1. The number of fused-ring (bicyclic) bond motifs is 1. The summed E-state index contributed by atoms with van der Waals surface area (Å²) >= 11 is 0. The molecule has 1 saturated heterocycles. The molecule has 4 heterocycles. The average molecular weight is 422 g/mol. The number of anilines is 1. The summed E-state index contributed by atoms with van der Waals surface area (Å²) in [6, 6.07) is 6.04. The first-order valence-electron chi connectivity index (χ1n) is 10.9. The summed E-state index contributed by atoms with van der Waals surface area (Å²) in [4.78, 5) is 23.4. The Morgan fingerprint density at radius 1 is 1.26 bits per heavy atom. The van der Waals surface area contributed by atoms with Gasteiger partial charge in [-0.1, -0.05) is 0 Å². The smallest absolute Gasteiger partial charge is 0.225 e. The highest BCUT2D eigenvalue weighted by atomic mass is 16.5. The molecule has 0 N–H and O–H groups in total. The lowest BCUT2D eigenvalue weighted by Crippen LogP contribution is -2.36. The van der Waals surface area contributed by atoms with Crippen LogP contribution in [-0.4, -0.2) is 57.9 Å². The molecule has 0 amide bonds. The van der Waals surface area contributed by atoms with E-state index < -0.39 is 0 Å². The maximum Gasteiger partial charge on any atom is 0.225 e. The fourth-order valence-corrected chi connectivity index (χ4v) is 4.38. The van der Waals surface area contributed by atoms with Crippen molar-refractivity contribution in [3.05, 3.63) is 30.6 Å². The number of ketones is 1. The molecule has 0 unspecified atom stereocenters. The monoisotopic (exact) mass is 421 g/mol. The Bertz CT molecular complexity index is 1090. The van der Waals surface area contributed by atoms with Crippen molar-refractivity contribution in [1.29, 1.82) is 0 Å². The van der Waals surface area contributed by atoms with Gasteiger partial charge in [0.2, 0.25) is 5.88 Å². The van der Waals surface area contributed by atoms with Crippen LogP contribution in [0.3, 0.4) is 0 Å². The second-order valence-corrected chi connectivity index (χ2v) is 8.42. The molecule has 2 aliphatic rings. The van der Waals surface area contributed by atoms with Crippen molar-refractivity contribution in [2.75, 3.05) is 31.2 Å². The van der Waals surface area contributed by atoms with Crippen LogP contribution < -0.4 is 9.64 Å². The third kappa shape index (κ3) is 4.12. The highest BCUT2D eigenvalue weighted by Crippen LogP contribution is 2.33. The number of hydrogen-bond donors (Lipinski definition) is 0. The zero-order chi connectivity index (χ0) is 21.4. The van der Waals surface area contributed by atoms with Gasteiger partial charge in [0, 0.05) is 56.9 Å². The zero-order valence-electron chi connectivity index (χ0n) is 18.0. The van der Waals surface area contributed by atoms with Crippen LogP contribution in [0, 0.1) is 5.92 Å². The van der Waals surface area contributed by atoms with Crippen molar-refractivity contribution in [3.63, 3.8) is 0 Å². The van der Waals surface area contributed by atoms with Crippen molar-refractivity contribution in [2.45, 2.75) is 32.3 Å². The summed E-state index contributed by atoms with van der Waals surface area (Å²) in [5.41, 5.74) is 2.52. The van der Waals surface area contributed by atoms with E-state index >= 15 is 0 Å². The topological polar surface area (TPSA) is 82.4 Å². The highest BCUT2D eigenvalue weighted by Gasteiger charge is 2.29. The van der Waals surface area contributed by atoms with E-state index in [2.05, 4.69) is 15.0 Å². The van der Waals surface area contributed by atoms with Crippen molar-refractivity contribution < 1.29 is 14.3 Å². The standard InChI is InChI=1S/C23H27N5O3/c1-15(16-3-5-18(29)11-16)31-23-19-14-27(2)26-21(19)12-20(25-23)17-4-6-22(24-13-17)28-7-9-30-10-8-28/h4,6,12-16H,3,5,7-11H2,1-2H3/t15-,16+/m1/s1. The van der Waals surface area contributed by atoms with Crippen LogP contribution in [0.15, 0.2) is 30.6 Å². The number of rotatable bonds is 5. The number of hydrogen-bond acceptors (Lipinski definition) is 7. The van der Waals surface area contributed by atoms with Crippen LogP contribution in [0.25, 0.3) is 22.2 Å². The third-order valence-corrected chi connectivity index (χ3v) is 6.21. The number of carbonyl (C=O) groups is 1. The van der Waals surface area contributed by atoms with E-state index in [4.69, 9.17) is 14.5 Å². The summed E-state index contributed by atoms with van der Waals surface area (Å²) in [6.45, 7) is 5.19. The van der Waals surface area contributed by atoms with Gasteiger partial charge in [0.1, 0.15) is 17.7 Å². The Morgan fingerprint density at radius 2 is 2.10 bits per heavy atom. The number of Topliss-reactive ketones (excluding diaryl/α,β-unsaturated/α-hetero) is 1. The molecule has 1 aliphatic heterocycles. The molecule has 8 heteroatoms. The Morgan fingerprint density at radius 3 is 2.81 bits per heavy atom. The summed E-state index contributed by atoms with van der Waals surface area (Å²) in [5, 5.41) is 5.44. The van der Waals surface area contributed by atoms with Gasteiger partial charge in [-0.2, -0.15) is 5.10 Å². The van der Waals surface area contributed by atoms with Gasteiger partial charge >= 0.3 is 0 Å². The van der Waals surface area contributed by atoms with Gasteiger partial charge in [0.25, 0.3) is 0 Å². The van der Waals surface area contributed by atoms with E-state index in [9.17, 15) is 4.79 Å². The molecule has 3 aromatic heterocycles. The minimum Gasteiger partial charge on any atom is -0.474 e. The number of ether oxygens (including phenoxy) is 2. The van der Waals surface area contributed by atoms with Crippen LogP contribution >= 0.6 is 0 Å². The lowest BCUT2D eigenvalue weighted by molar-refractivity contribution is -0.117. The molecule has 0 aromatic carbocycles.